The van der Waals surface area contributed by atoms with Crippen LogP contribution in [0, 0.1) is 5.21 Å². The molecule has 0 atom stereocenters. The van der Waals surface area contributed by atoms with E-state index in [-0.39, 0.29) is 4.97 Å². The highest BCUT2D eigenvalue weighted by molar-refractivity contribution is 4.41. The second kappa shape index (κ2) is 5.72. The number of unbranched alkanes of at least 4 members (excludes halogenated alkanes) is 1. The quantitative estimate of drug-likeness (QED) is 0.256. The number of nitrogens with two attached hydrogens (primary N) is 1. The molecule has 6 heteroatoms. The molecule has 0 aliphatic carbocycles. The Balaban J connectivity index is 3.44. The molecular formula is C5H14N4O2. The maximum Gasteiger partial charge on any atom is 0.230 e. The van der Waals surface area contributed by atoms with Crippen molar-refractivity contribution < 1.29 is 10.2 Å². The lowest BCUT2D eigenvalue weighted by molar-refractivity contribution is -0.704. The van der Waals surface area contributed by atoms with Crippen LogP contribution < -0.4 is 5.73 Å². The summed E-state index contributed by atoms with van der Waals surface area (Å²) >= 11 is 0. The second-order valence-corrected chi connectivity index (χ2v) is 2.22. The molecule has 0 unspecified atom stereocenters. The first-order valence-electron chi connectivity index (χ1n) is 3.45. The van der Waals surface area contributed by atoms with Gasteiger partial charge in [0.25, 0.3) is 0 Å². The number of hydrazine groups is 1. The number of nitrogens with zero attached hydrogens (tertiary/aromatic N) is 3. The first-order chi connectivity index (χ1) is 5.22. The zero-order valence-electron chi connectivity index (χ0n) is 6.60. The van der Waals surface area contributed by atoms with Gasteiger partial charge in [0.2, 0.25) is 5.28 Å². The number of rotatable bonds is 5. The standard InChI is InChI=1S/C5H14N4O2/c1-8(9(11)7-10)5-3-2-4-6/h10H,2-6H2,1H3. The molecule has 0 saturated heterocycles. The summed E-state index contributed by atoms with van der Waals surface area (Å²) in [7, 11) is 1.54. The Morgan fingerprint density at radius 1 is 1.64 bits per heavy atom. The van der Waals surface area contributed by atoms with E-state index in [1.54, 1.807) is 7.05 Å². The lowest BCUT2D eigenvalue weighted by Crippen LogP contribution is -2.27. The van der Waals surface area contributed by atoms with Gasteiger partial charge in [-0.2, -0.15) is 0 Å². The zero-order chi connectivity index (χ0) is 8.69. The maximum atomic E-state index is 10.5. The fourth-order valence-electron chi connectivity index (χ4n) is 0.639. The molecule has 0 fully saturated rings. The molecule has 6 nitrogen and oxygen atoms in total. The van der Waals surface area contributed by atoms with Crippen LogP contribution in [0.5, 0.6) is 0 Å². The van der Waals surface area contributed by atoms with E-state index in [4.69, 9.17) is 10.9 Å². The van der Waals surface area contributed by atoms with Crippen molar-refractivity contribution >= 4 is 0 Å². The number of hydrogen-bond donors (Lipinski definition) is 2. The Hall–Kier alpha value is -1.04. The smallest absolute Gasteiger partial charge is 0.230 e. The first-order valence-corrected chi connectivity index (χ1v) is 3.45. The van der Waals surface area contributed by atoms with Crippen molar-refractivity contribution in [3.63, 3.8) is 0 Å². The van der Waals surface area contributed by atoms with Crippen LogP contribution in [-0.4, -0.2) is 35.3 Å². The van der Waals surface area contributed by atoms with Crippen LogP contribution in [0.25, 0.3) is 0 Å². The van der Waals surface area contributed by atoms with E-state index in [0.29, 0.717) is 13.1 Å². The molecule has 0 amide bonds. The second-order valence-electron chi connectivity index (χ2n) is 2.22. The third kappa shape index (κ3) is 4.38. The van der Waals surface area contributed by atoms with Gasteiger partial charge >= 0.3 is 0 Å². The minimum Gasteiger partial charge on any atom is -0.569 e. The van der Waals surface area contributed by atoms with E-state index in [1.165, 1.54) is 5.01 Å². The van der Waals surface area contributed by atoms with Gasteiger partial charge in [0.15, 0.2) is 0 Å². The summed E-state index contributed by atoms with van der Waals surface area (Å²) in [5.74, 6) is 0. The highest BCUT2D eigenvalue weighted by Gasteiger charge is 2.03. The molecule has 0 aromatic heterocycles. The van der Waals surface area contributed by atoms with Crippen molar-refractivity contribution in [1.82, 2.24) is 5.01 Å². The lowest BCUT2D eigenvalue weighted by atomic mass is 10.3. The van der Waals surface area contributed by atoms with E-state index in [0.717, 1.165) is 12.8 Å². The van der Waals surface area contributed by atoms with Crippen LogP contribution in [0.2, 0.25) is 0 Å². The van der Waals surface area contributed by atoms with Crippen molar-refractivity contribution in [2.45, 2.75) is 12.8 Å². The largest absolute Gasteiger partial charge is 0.569 e. The van der Waals surface area contributed by atoms with Gasteiger partial charge in [-0.3, -0.25) is 0 Å². The van der Waals surface area contributed by atoms with Gasteiger partial charge in [0, 0.05) is 0 Å². The van der Waals surface area contributed by atoms with Gasteiger partial charge in [0.05, 0.1) is 18.6 Å². The molecule has 3 N–H and O–H groups in total. The molecule has 11 heavy (non-hydrogen) atoms. The topological polar surface area (TPSA) is 87.9 Å². The van der Waals surface area contributed by atoms with Gasteiger partial charge in [-0.15, -0.1) is 5.01 Å². The molecule has 0 aromatic carbocycles. The molecule has 0 aromatic rings. The molecule has 0 aliphatic rings. The van der Waals surface area contributed by atoms with Crippen LogP contribution in [0.1, 0.15) is 12.8 Å². The fraction of sp³-hybridized carbons (Fsp3) is 1.00. The summed E-state index contributed by atoms with van der Waals surface area (Å²) in [6, 6.07) is 0. The van der Waals surface area contributed by atoms with E-state index in [2.05, 4.69) is 5.28 Å². The Kier molecular flexibility index (Phi) is 5.18. The highest BCUT2D eigenvalue weighted by atomic mass is 16.6. The van der Waals surface area contributed by atoms with Crippen molar-refractivity contribution in [3.05, 3.63) is 5.21 Å². The molecular weight excluding hydrogens is 148 g/mol. The van der Waals surface area contributed by atoms with E-state index in [9.17, 15) is 5.21 Å². The van der Waals surface area contributed by atoms with Crippen LogP contribution in [0.15, 0.2) is 5.28 Å². The van der Waals surface area contributed by atoms with Gasteiger partial charge in [0.1, 0.15) is 0 Å². The van der Waals surface area contributed by atoms with E-state index >= 15 is 0 Å². The van der Waals surface area contributed by atoms with E-state index < -0.39 is 0 Å². The average molecular weight is 162 g/mol. The molecule has 0 heterocycles. The summed E-state index contributed by atoms with van der Waals surface area (Å²) in [4.78, 5) is 0.135. The third-order valence-corrected chi connectivity index (χ3v) is 1.30. The van der Waals surface area contributed by atoms with Crippen LogP contribution >= 0.6 is 0 Å². The molecule has 0 spiro atoms. The van der Waals surface area contributed by atoms with Gasteiger partial charge in [-0.1, -0.05) is 0 Å². The minimum absolute atomic E-state index is 0.135. The van der Waals surface area contributed by atoms with Crippen LogP contribution in [0.4, 0.5) is 0 Å². The summed E-state index contributed by atoms with van der Waals surface area (Å²) in [6.07, 6.45) is 1.69. The summed E-state index contributed by atoms with van der Waals surface area (Å²) in [5, 5.41) is 22.2. The Morgan fingerprint density at radius 3 is 2.73 bits per heavy atom. The SMILES string of the molecule is CN(CCCCN)[N+]([O-])=NO. The molecule has 0 rings (SSSR count). The Labute approximate surface area is 65.4 Å². The summed E-state index contributed by atoms with van der Waals surface area (Å²) in [6.45, 7) is 1.16. The Bertz CT molecular complexity index is 128. The van der Waals surface area contributed by atoms with Gasteiger partial charge < -0.3 is 16.1 Å². The number of hydrogen-bond acceptors (Lipinski definition) is 3. The molecule has 0 radical (unpaired) electrons. The molecule has 0 bridgehead atoms. The molecule has 0 aliphatic heterocycles. The maximum absolute atomic E-state index is 10.5. The third-order valence-electron chi connectivity index (χ3n) is 1.30. The van der Waals surface area contributed by atoms with Crippen molar-refractivity contribution in [3.8, 4) is 0 Å². The summed E-state index contributed by atoms with van der Waals surface area (Å²) in [5.41, 5.74) is 5.24. The predicted molar refractivity (Wildman–Crippen MR) is 38.8 cm³/mol. The molecule has 66 valence electrons. The monoisotopic (exact) mass is 162 g/mol. The zero-order valence-corrected chi connectivity index (χ0v) is 6.60. The average Bonchev–Trinajstić information content (AvgIpc) is 2.03. The van der Waals surface area contributed by atoms with E-state index in [1.807, 2.05) is 0 Å². The predicted octanol–water partition coefficient (Wildman–Crippen LogP) is -0.0762. The van der Waals surface area contributed by atoms with Crippen LogP contribution in [0.3, 0.4) is 0 Å². The van der Waals surface area contributed by atoms with Gasteiger partial charge in [-0.05, 0) is 19.4 Å². The minimum atomic E-state index is 0.135. The Morgan fingerprint density at radius 2 is 2.27 bits per heavy atom. The van der Waals surface area contributed by atoms with Crippen LogP contribution in [-0.2, 0) is 0 Å². The summed E-state index contributed by atoms with van der Waals surface area (Å²) < 4.78 is 0. The molecule has 0 saturated carbocycles. The van der Waals surface area contributed by atoms with Crippen molar-refractivity contribution in [2.75, 3.05) is 20.1 Å². The first kappa shape index (κ1) is 9.96. The normalized spacial score (nSPS) is 11.6. The highest BCUT2D eigenvalue weighted by Crippen LogP contribution is 1.91. The fourth-order valence-corrected chi connectivity index (χ4v) is 0.639. The lowest BCUT2D eigenvalue weighted by Gasteiger charge is -2.10. The van der Waals surface area contributed by atoms with Gasteiger partial charge in [-0.25, -0.2) is 0 Å². The van der Waals surface area contributed by atoms with Crippen molar-refractivity contribution in [2.24, 2.45) is 11.0 Å². The van der Waals surface area contributed by atoms with Crippen molar-refractivity contribution in [1.29, 1.82) is 0 Å².